The van der Waals surface area contributed by atoms with Crippen molar-refractivity contribution in [2.45, 2.75) is 12.9 Å². The maximum Gasteiger partial charge on any atom is 0.0329 e. The molecule has 0 amide bonds. The highest BCUT2D eigenvalue weighted by Crippen LogP contribution is 2.00. The van der Waals surface area contributed by atoms with Crippen molar-refractivity contribution in [1.29, 1.82) is 0 Å². The fourth-order valence-corrected chi connectivity index (χ4v) is 1.59. The van der Waals surface area contributed by atoms with Crippen molar-refractivity contribution in [3.8, 4) is 0 Å². The van der Waals surface area contributed by atoms with Gasteiger partial charge in [0.1, 0.15) is 0 Å². The van der Waals surface area contributed by atoms with E-state index in [1.54, 1.807) is 0 Å². The molecule has 0 fully saturated rings. The van der Waals surface area contributed by atoms with E-state index in [-0.39, 0.29) is 6.40 Å². The summed E-state index contributed by atoms with van der Waals surface area (Å²) in [4.78, 5) is 0. The molecular formula is C15H17N. The van der Waals surface area contributed by atoms with E-state index in [0.717, 1.165) is 12.1 Å². The minimum absolute atomic E-state index is 0.195. The molecule has 0 bridgehead atoms. The topological polar surface area (TPSA) is 12.0 Å². The van der Waals surface area contributed by atoms with E-state index >= 15 is 0 Å². The molecular weight excluding hydrogens is 194 g/mol. The van der Waals surface area contributed by atoms with Crippen molar-refractivity contribution < 1.29 is 1.37 Å². The predicted octanol–water partition coefficient (Wildman–Crippen LogP) is 3.02. The summed E-state index contributed by atoms with van der Waals surface area (Å²) in [6.45, 7) is 1.50. The van der Waals surface area contributed by atoms with Gasteiger partial charge in [0.25, 0.3) is 0 Å². The van der Waals surface area contributed by atoms with Crippen LogP contribution in [0.1, 0.15) is 12.5 Å². The molecule has 2 aromatic rings. The molecule has 82 valence electrons. The summed E-state index contributed by atoms with van der Waals surface area (Å²) in [6.07, 6.45) is -0.195. The van der Waals surface area contributed by atoms with Gasteiger partial charge in [0.15, 0.2) is 0 Å². The average molecular weight is 212 g/mol. The van der Waals surface area contributed by atoms with Gasteiger partial charge in [0.2, 0.25) is 0 Å². The largest absolute Gasteiger partial charge is 0.312 e. The molecule has 2 rings (SSSR count). The van der Waals surface area contributed by atoms with E-state index in [1.807, 2.05) is 48.5 Å². The first-order valence-corrected chi connectivity index (χ1v) is 5.58. The molecule has 0 spiro atoms. The van der Waals surface area contributed by atoms with E-state index in [0.29, 0.717) is 6.54 Å². The Morgan fingerprint density at radius 2 is 1.38 bits per heavy atom. The monoisotopic (exact) mass is 212 g/mol. The lowest BCUT2D eigenvalue weighted by molar-refractivity contribution is 0.687. The molecule has 1 N–H and O–H groups in total. The summed E-state index contributed by atoms with van der Waals surface area (Å²) in [5, 5.41) is 3.31. The van der Waals surface area contributed by atoms with Crippen LogP contribution in [0.3, 0.4) is 0 Å². The average Bonchev–Trinajstić information content (AvgIpc) is 2.41. The minimum Gasteiger partial charge on any atom is -0.312 e. The van der Waals surface area contributed by atoms with Gasteiger partial charge in [-0.05, 0) is 24.1 Å². The zero-order chi connectivity index (χ0) is 11.9. The van der Waals surface area contributed by atoms with E-state index in [1.165, 1.54) is 5.56 Å². The van der Waals surface area contributed by atoms with Gasteiger partial charge in [-0.15, -0.1) is 0 Å². The lowest BCUT2D eigenvalue weighted by Crippen LogP contribution is -2.16. The van der Waals surface area contributed by atoms with Crippen LogP contribution in [0.5, 0.6) is 0 Å². The lowest BCUT2D eigenvalue weighted by Gasteiger charge is -2.04. The van der Waals surface area contributed by atoms with Crippen LogP contribution in [0.2, 0.25) is 0 Å². The maximum atomic E-state index is 8.02. The third kappa shape index (κ3) is 3.52. The smallest absolute Gasteiger partial charge is 0.0329 e. The van der Waals surface area contributed by atoms with Gasteiger partial charge in [-0.25, -0.2) is 0 Å². The molecule has 0 aliphatic heterocycles. The molecule has 0 unspecified atom stereocenters. The first-order valence-electron chi connectivity index (χ1n) is 6.16. The summed E-state index contributed by atoms with van der Waals surface area (Å²) in [6, 6.07) is 20.2. The standard InChI is InChI=1S/C15H17N/c1-3-7-14(8-4-1)11-12-16-13-15-9-5-2-6-10-15/h1-10,16H,11-13H2/i11D/t11-/m1/s1. The minimum atomic E-state index is -0.195. The van der Waals surface area contributed by atoms with Gasteiger partial charge in [-0.1, -0.05) is 60.7 Å². The summed E-state index contributed by atoms with van der Waals surface area (Å²) < 4.78 is 8.02. The summed E-state index contributed by atoms with van der Waals surface area (Å²) >= 11 is 0. The van der Waals surface area contributed by atoms with Crippen molar-refractivity contribution >= 4 is 0 Å². The van der Waals surface area contributed by atoms with Gasteiger partial charge < -0.3 is 5.32 Å². The Bertz CT molecular complexity index is 427. The molecule has 16 heavy (non-hydrogen) atoms. The summed E-state index contributed by atoms with van der Waals surface area (Å²) in [5.74, 6) is 0. The molecule has 0 aliphatic carbocycles. The van der Waals surface area contributed by atoms with Crippen molar-refractivity contribution in [1.82, 2.24) is 5.32 Å². The Morgan fingerprint density at radius 1 is 0.812 bits per heavy atom. The van der Waals surface area contributed by atoms with Gasteiger partial charge in [0, 0.05) is 7.92 Å². The Balaban J connectivity index is 1.79. The lowest BCUT2D eigenvalue weighted by atomic mass is 10.1. The van der Waals surface area contributed by atoms with Crippen LogP contribution in [-0.4, -0.2) is 6.54 Å². The van der Waals surface area contributed by atoms with Crippen molar-refractivity contribution in [2.75, 3.05) is 6.54 Å². The third-order valence-electron chi connectivity index (χ3n) is 2.45. The SMILES string of the molecule is [2H][C@H](CNCc1ccccc1)c1ccccc1. The van der Waals surface area contributed by atoms with Crippen molar-refractivity contribution in [3.63, 3.8) is 0 Å². The molecule has 2 aromatic carbocycles. The molecule has 0 aromatic heterocycles. The van der Waals surface area contributed by atoms with E-state index in [4.69, 9.17) is 1.37 Å². The molecule has 1 atom stereocenters. The van der Waals surface area contributed by atoms with Crippen LogP contribution in [0, 0.1) is 0 Å². The fourth-order valence-electron chi connectivity index (χ4n) is 1.59. The van der Waals surface area contributed by atoms with Crippen LogP contribution < -0.4 is 5.32 Å². The number of rotatable bonds is 5. The van der Waals surface area contributed by atoms with Crippen molar-refractivity contribution in [2.24, 2.45) is 0 Å². The first-order chi connectivity index (χ1) is 8.36. The van der Waals surface area contributed by atoms with E-state index < -0.39 is 0 Å². The summed E-state index contributed by atoms with van der Waals surface area (Å²) in [7, 11) is 0. The molecule has 0 saturated carbocycles. The van der Waals surface area contributed by atoms with Gasteiger partial charge >= 0.3 is 0 Å². The molecule has 0 heterocycles. The molecule has 0 aliphatic rings. The molecule has 1 nitrogen and oxygen atoms in total. The second-order valence-electron chi connectivity index (χ2n) is 3.73. The second kappa shape index (κ2) is 6.09. The van der Waals surface area contributed by atoms with Gasteiger partial charge in [0.05, 0.1) is 0 Å². The van der Waals surface area contributed by atoms with Crippen LogP contribution in [0.15, 0.2) is 60.7 Å². The third-order valence-corrected chi connectivity index (χ3v) is 2.45. The van der Waals surface area contributed by atoms with Gasteiger partial charge in [-0.2, -0.15) is 0 Å². The van der Waals surface area contributed by atoms with Gasteiger partial charge in [-0.3, -0.25) is 0 Å². The number of benzene rings is 2. The van der Waals surface area contributed by atoms with E-state index in [2.05, 4.69) is 17.4 Å². The van der Waals surface area contributed by atoms with Crippen LogP contribution in [0.4, 0.5) is 0 Å². The number of hydrogen-bond acceptors (Lipinski definition) is 1. The second-order valence-corrected chi connectivity index (χ2v) is 3.73. The van der Waals surface area contributed by atoms with Crippen LogP contribution in [0.25, 0.3) is 0 Å². The fraction of sp³-hybridized carbons (Fsp3) is 0.200. The normalized spacial score (nSPS) is 13.1. The summed E-state index contributed by atoms with van der Waals surface area (Å²) in [5.41, 5.74) is 2.32. The highest BCUT2D eigenvalue weighted by Gasteiger charge is 1.92. The quantitative estimate of drug-likeness (QED) is 0.803. The highest BCUT2D eigenvalue weighted by molar-refractivity contribution is 5.16. The zero-order valence-electron chi connectivity index (χ0n) is 10.3. The van der Waals surface area contributed by atoms with Crippen molar-refractivity contribution in [3.05, 3.63) is 71.8 Å². The predicted molar refractivity (Wildman–Crippen MR) is 68.3 cm³/mol. The Labute approximate surface area is 98.5 Å². The molecule has 1 heteroatoms. The zero-order valence-corrected chi connectivity index (χ0v) is 9.27. The molecule has 0 radical (unpaired) electrons. The number of nitrogens with one attached hydrogen (secondary N) is 1. The Hall–Kier alpha value is -1.60. The van der Waals surface area contributed by atoms with Crippen LogP contribution >= 0.6 is 0 Å². The number of hydrogen-bond donors (Lipinski definition) is 1. The van der Waals surface area contributed by atoms with E-state index in [9.17, 15) is 0 Å². The maximum absolute atomic E-state index is 8.02. The highest BCUT2D eigenvalue weighted by atomic mass is 14.8. The first kappa shape index (κ1) is 9.61. The van der Waals surface area contributed by atoms with Crippen LogP contribution in [-0.2, 0) is 12.9 Å². The molecule has 0 saturated heterocycles. The Kier molecular flexibility index (Phi) is 3.66. The Morgan fingerprint density at radius 3 is 2.00 bits per heavy atom.